The predicted octanol–water partition coefficient (Wildman–Crippen LogP) is 4.87. The van der Waals surface area contributed by atoms with Gasteiger partial charge in [0, 0.05) is 17.7 Å². The Bertz CT molecular complexity index is 1360. The van der Waals surface area contributed by atoms with Crippen molar-refractivity contribution in [1.29, 1.82) is 0 Å². The molecule has 176 valence electrons. The molecule has 3 aromatic rings. The Balaban J connectivity index is 1.56. The zero-order chi connectivity index (χ0) is 24.9. The highest BCUT2D eigenvalue weighted by Crippen LogP contribution is 2.31. The van der Waals surface area contributed by atoms with Crippen molar-refractivity contribution in [3.8, 4) is 11.5 Å². The number of non-ortho nitro benzene ring substituents is 1. The summed E-state index contributed by atoms with van der Waals surface area (Å²) in [5.74, 6) is -0.604. The van der Waals surface area contributed by atoms with Gasteiger partial charge in [-0.05, 0) is 61.9 Å². The van der Waals surface area contributed by atoms with Crippen LogP contribution in [0.25, 0.3) is 6.08 Å². The molecule has 0 atom stereocenters. The molecule has 0 saturated carbocycles. The third kappa shape index (κ3) is 5.41. The molecule has 9 nitrogen and oxygen atoms in total. The van der Waals surface area contributed by atoms with Gasteiger partial charge in [0.25, 0.3) is 5.69 Å². The van der Waals surface area contributed by atoms with Crippen molar-refractivity contribution < 1.29 is 28.7 Å². The molecule has 0 spiro atoms. The zero-order valence-corrected chi connectivity index (χ0v) is 18.9. The molecule has 1 aliphatic heterocycles. The minimum atomic E-state index is -0.696. The topological polar surface area (TPSA) is 117 Å². The van der Waals surface area contributed by atoms with Gasteiger partial charge in [-0.15, -0.1) is 0 Å². The van der Waals surface area contributed by atoms with Crippen molar-refractivity contribution in [2.45, 2.75) is 13.8 Å². The minimum absolute atomic E-state index is 0.124. The number of ether oxygens (including phenoxy) is 3. The van der Waals surface area contributed by atoms with Gasteiger partial charge in [0.05, 0.1) is 17.1 Å². The van der Waals surface area contributed by atoms with Crippen LogP contribution in [0.4, 0.5) is 5.69 Å². The number of rotatable bonds is 7. The molecule has 0 fully saturated rings. The zero-order valence-electron chi connectivity index (χ0n) is 18.9. The molecule has 0 aromatic heterocycles. The molecule has 0 N–H and O–H groups in total. The van der Waals surface area contributed by atoms with Crippen LogP contribution in [0.2, 0.25) is 0 Å². The number of benzene rings is 3. The van der Waals surface area contributed by atoms with E-state index in [9.17, 15) is 19.7 Å². The van der Waals surface area contributed by atoms with E-state index in [-0.39, 0.29) is 34.3 Å². The predicted molar refractivity (Wildman–Crippen MR) is 127 cm³/mol. The number of cyclic esters (lactones) is 1. The van der Waals surface area contributed by atoms with Crippen LogP contribution in [0.5, 0.6) is 11.5 Å². The van der Waals surface area contributed by atoms with Gasteiger partial charge in [0.15, 0.2) is 17.2 Å². The molecule has 0 saturated heterocycles. The second-order valence-electron chi connectivity index (χ2n) is 7.53. The van der Waals surface area contributed by atoms with Gasteiger partial charge in [-0.25, -0.2) is 14.6 Å². The number of nitro benzene ring substituents is 1. The van der Waals surface area contributed by atoms with Crippen molar-refractivity contribution in [2.24, 2.45) is 4.99 Å². The highest BCUT2D eigenvalue weighted by molar-refractivity contribution is 6.12. The number of aliphatic imine (C=N–C) groups is 1. The Morgan fingerprint density at radius 2 is 1.77 bits per heavy atom. The molecule has 1 heterocycles. The van der Waals surface area contributed by atoms with Gasteiger partial charge in [-0.1, -0.05) is 23.8 Å². The molecular weight excluding hydrogens is 452 g/mol. The SMILES string of the molecule is CCOc1cc(/C=C2/N=C(c3ccc(C)cc3)OC2=O)ccc1OC(=O)c1ccc([N+](=O)[O-])cc1. The third-order valence-corrected chi connectivity index (χ3v) is 5.01. The van der Waals surface area contributed by atoms with E-state index in [0.717, 1.165) is 5.56 Å². The Kier molecular flexibility index (Phi) is 6.68. The van der Waals surface area contributed by atoms with Crippen LogP contribution < -0.4 is 9.47 Å². The number of hydrogen-bond donors (Lipinski definition) is 0. The molecule has 0 radical (unpaired) electrons. The van der Waals surface area contributed by atoms with Gasteiger partial charge >= 0.3 is 11.9 Å². The van der Waals surface area contributed by atoms with Crippen molar-refractivity contribution in [1.82, 2.24) is 0 Å². The number of aryl methyl sites for hydroxylation is 1. The first-order valence-corrected chi connectivity index (χ1v) is 10.7. The summed E-state index contributed by atoms with van der Waals surface area (Å²) in [6, 6.07) is 17.3. The Morgan fingerprint density at radius 3 is 2.43 bits per heavy atom. The lowest BCUT2D eigenvalue weighted by molar-refractivity contribution is -0.384. The molecule has 3 aromatic carbocycles. The van der Waals surface area contributed by atoms with Crippen molar-refractivity contribution in [3.63, 3.8) is 0 Å². The quantitative estimate of drug-likeness (QED) is 0.158. The van der Waals surface area contributed by atoms with Crippen LogP contribution in [0.3, 0.4) is 0 Å². The molecule has 0 bridgehead atoms. The summed E-state index contributed by atoms with van der Waals surface area (Å²) >= 11 is 0. The van der Waals surface area contributed by atoms with E-state index in [1.165, 1.54) is 30.3 Å². The number of nitro groups is 1. The minimum Gasteiger partial charge on any atom is -0.490 e. The molecular formula is C26H20N2O7. The van der Waals surface area contributed by atoms with E-state index in [4.69, 9.17) is 14.2 Å². The second kappa shape index (κ2) is 10.0. The molecule has 4 rings (SSSR count). The highest BCUT2D eigenvalue weighted by Gasteiger charge is 2.24. The smallest absolute Gasteiger partial charge is 0.363 e. The molecule has 0 amide bonds. The van der Waals surface area contributed by atoms with Gasteiger partial charge in [0.2, 0.25) is 5.90 Å². The highest BCUT2D eigenvalue weighted by atomic mass is 16.6. The van der Waals surface area contributed by atoms with E-state index >= 15 is 0 Å². The average Bonchev–Trinajstić information content (AvgIpc) is 3.21. The maximum atomic E-state index is 12.5. The summed E-state index contributed by atoms with van der Waals surface area (Å²) < 4.78 is 16.3. The summed E-state index contributed by atoms with van der Waals surface area (Å²) in [5.41, 5.74) is 2.50. The fourth-order valence-electron chi connectivity index (χ4n) is 3.23. The van der Waals surface area contributed by atoms with Crippen LogP contribution >= 0.6 is 0 Å². The van der Waals surface area contributed by atoms with E-state index in [0.29, 0.717) is 17.7 Å². The second-order valence-corrected chi connectivity index (χ2v) is 7.53. The van der Waals surface area contributed by atoms with E-state index in [1.807, 2.05) is 31.2 Å². The van der Waals surface area contributed by atoms with Gasteiger partial charge in [-0.3, -0.25) is 10.1 Å². The van der Waals surface area contributed by atoms with Crippen molar-refractivity contribution >= 4 is 29.6 Å². The first-order chi connectivity index (χ1) is 16.8. The largest absolute Gasteiger partial charge is 0.490 e. The average molecular weight is 472 g/mol. The first-order valence-electron chi connectivity index (χ1n) is 10.7. The van der Waals surface area contributed by atoms with Gasteiger partial charge < -0.3 is 14.2 Å². The van der Waals surface area contributed by atoms with Crippen molar-refractivity contribution in [3.05, 3.63) is 105 Å². The Hall–Kier alpha value is -4.79. The summed E-state index contributed by atoms with van der Waals surface area (Å²) in [5, 5.41) is 10.8. The molecule has 35 heavy (non-hydrogen) atoms. The number of hydrogen-bond acceptors (Lipinski definition) is 8. The number of carbonyl (C=O) groups excluding carboxylic acids is 2. The van der Waals surface area contributed by atoms with Crippen molar-refractivity contribution in [2.75, 3.05) is 6.61 Å². The summed E-state index contributed by atoms with van der Waals surface area (Å²) in [6.45, 7) is 4.04. The number of esters is 2. The molecule has 0 unspecified atom stereocenters. The normalized spacial score (nSPS) is 13.8. The molecule has 1 aliphatic rings. The fourth-order valence-corrected chi connectivity index (χ4v) is 3.23. The lowest BCUT2D eigenvalue weighted by atomic mass is 10.1. The lowest BCUT2D eigenvalue weighted by Crippen LogP contribution is -2.10. The van der Waals surface area contributed by atoms with Crippen LogP contribution in [-0.4, -0.2) is 29.4 Å². The Morgan fingerprint density at radius 1 is 1.06 bits per heavy atom. The van der Waals surface area contributed by atoms with Gasteiger partial charge in [-0.2, -0.15) is 0 Å². The third-order valence-electron chi connectivity index (χ3n) is 5.01. The fraction of sp³-hybridized carbons (Fsp3) is 0.115. The van der Waals surface area contributed by atoms with Gasteiger partial charge in [0.1, 0.15) is 0 Å². The van der Waals surface area contributed by atoms with Crippen LogP contribution in [-0.2, 0) is 9.53 Å². The Labute approximate surface area is 200 Å². The molecule has 0 aliphatic carbocycles. The number of carbonyl (C=O) groups is 2. The van der Waals surface area contributed by atoms with Crippen LogP contribution in [0.1, 0.15) is 34.0 Å². The van der Waals surface area contributed by atoms with E-state index < -0.39 is 16.9 Å². The first kappa shape index (κ1) is 23.4. The number of nitrogens with zero attached hydrogens (tertiary/aromatic N) is 2. The van der Waals surface area contributed by atoms with Crippen LogP contribution in [0, 0.1) is 17.0 Å². The lowest BCUT2D eigenvalue weighted by Gasteiger charge is -2.11. The van der Waals surface area contributed by atoms with E-state index in [1.54, 1.807) is 25.1 Å². The maximum absolute atomic E-state index is 12.5. The van der Waals surface area contributed by atoms with E-state index in [2.05, 4.69) is 4.99 Å². The maximum Gasteiger partial charge on any atom is 0.363 e. The summed E-state index contributed by atoms with van der Waals surface area (Å²) in [6.07, 6.45) is 1.55. The van der Waals surface area contributed by atoms with Crippen LogP contribution in [0.15, 0.2) is 77.4 Å². The molecule has 9 heteroatoms. The standard InChI is InChI=1S/C26H20N2O7/c1-3-33-23-15-17(14-21-26(30)35-24(27-21)18-7-4-16(2)5-8-18)6-13-22(23)34-25(29)19-9-11-20(12-10-19)28(31)32/h4-15H,3H2,1-2H3/b21-14+. The summed E-state index contributed by atoms with van der Waals surface area (Å²) in [7, 11) is 0. The summed E-state index contributed by atoms with van der Waals surface area (Å²) in [4.78, 5) is 39.4. The monoisotopic (exact) mass is 472 g/mol.